The fraction of sp³-hybridized carbons (Fsp3) is 0.778. The van der Waals surface area contributed by atoms with E-state index in [2.05, 4.69) is 37.9 Å². The van der Waals surface area contributed by atoms with Gasteiger partial charge in [-0.25, -0.2) is 0 Å². The van der Waals surface area contributed by atoms with Crippen molar-refractivity contribution in [2.75, 3.05) is 26.2 Å². The van der Waals surface area contributed by atoms with E-state index < -0.39 is 24.4 Å². The number of hydrogen-bond donors (Lipinski definition) is 3. The third-order valence-electron chi connectivity index (χ3n) is 9.19. The third-order valence-corrected chi connectivity index (χ3v) is 9.19. The minimum Gasteiger partial charge on any atom is -0.393 e. The number of allylic oxidation sites excluding steroid dienone is 3. The molecule has 0 amide bonds. The Kier molecular flexibility index (Phi) is 7.68. The summed E-state index contributed by atoms with van der Waals surface area (Å²) in [5, 5.41) is 22.8. The quantitative estimate of drug-likeness (QED) is 0.548. The Morgan fingerprint density at radius 1 is 1.26 bits per heavy atom. The van der Waals surface area contributed by atoms with Crippen molar-refractivity contribution in [3.8, 4) is 0 Å². The SMILES string of the molecule is C=C1/C(=C\C=C2/CCC[C@]3(C)[C@@H]([C@@H](C)CN4CCNC(C(F)(F)F)C4)CC[C@@H]23)C[C@@H](O)C[C@@H]1O. The lowest BCUT2D eigenvalue weighted by Crippen LogP contribution is -2.57. The highest BCUT2D eigenvalue weighted by Crippen LogP contribution is 2.59. The molecule has 4 rings (SSSR count). The lowest BCUT2D eigenvalue weighted by atomic mass is 9.61. The molecule has 7 heteroatoms. The molecule has 7 atom stereocenters. The van der Waals surface area contributed by atoms with Gasteiger partial charge in [0.25, 0.3) is 0 Å². The van der Waals surface area contributed by atoms with Crippen molar-refractivity contribution >= 4 is 0 Å². The van der Waals surface area contributed by atoms with Gasteiger partial charge in [0.05, 0.1) is 12.2 Å². The summed E-state index contributed by atoms with van der Waals surface area (Å²) in [5.41, 5.74) is 3.26. The van der Waals surface area contributed by atoms with Gasteiger partial charge in [-0.2, -0.15) is 13.2 Å². The predicted octanol–water partition coefficient (Wildman–Crippen LogP) is 4.60. The van der Waals surface area contributed by atoms with E-state index in [4.69, 9.17) is 0 Å². The zero-order valence-corrected chi connectivity index (χ0v) is 20.6. The number of rotatable bonds is 4. The Balaban J connectivity index is 1.44. The summed E-state index contributed by atoms with van der Waals surface area (Å²) in [5.74, 6) is 1.34. The number of alkyl halides is 3. The summed E-state index contributed by atoms with van der Waals surface area (Å²) in [7, 11) is 0. The molecule has 0 radical (unpaired) electrons. The van der Waals surface area contributed by atoms with Gasteiger partial charge >= 0.3 is 6.18 Å². The van der Waals surface area contributed by atoms with Crippen molar-refractivity contribution in [1.82, 2.24) is 10.2 Å². The second-order valence-electron chi connectivity index (χ2n) is 11.4. The van der Waals surface area contributed by atoms with Crippen LogP contribution in [0.15, 0.2) is 35.5 Å². The second-order valence-corrected chi connectivity index (χ2v) is 11.4. The molecule has 192 valence electrons. The lowest BCUT2D eigenvalue weighted by Gasteiger charge is -2.45. The fourth-order valence-corrected chi connectivity index (χ4v) is 7.41. The fourth-order valence-electron chi connectivity index (χ4n) is 7.41. The molecule has 0 aromatic rings. The molecule has 1 unspecified atom stereocenters. The van der Waals surface area contributed by atoms with Crippen LogP contribution in [0.2, 0.25) is 0 Å². The highest BCUT2D eigenvalue weighted by molar-refractivity contribution is 5.38. The van der Waals surface area contributed by atoms with Gasteiger partial charge in [-0.3, -0.25) is 4.90 Å². The van der Waals surface area contributed by atoms with Crippen LogP contribution in [-0.2, 0) is 0 Å². The molecule has 0 aromatic heterocycles. The van der Waals surface area contributed by atoms with Gasteiger partial charge in [-0.1, -0.05) is 38.2 Å². The van der Waals surface area contributed by atoms with Crippen molar-refractivity contribution < 1.29 is 23.4 Å². The van der Waals surface area contributed by atoms with Crippen LogP contribution in [-0.4, -0.2) is 65.7 Å². The van der Waals surface area contributed by atoms with E-state index in [1.165, 1.54) is 5.57 Å². The number of fused-ring (bicyclic) bond motifs is 1. The second kappa shape index (κ2) is 10.1. The molecule has 1 heterocycles. The molecule has 1 aliphatic heterocycles. The van der Waals surface area contributed by atoms with Crippen LogP contribution in [0, 0.1) is 23.2 Å². The Morgan fingerprint density at radius 2 is 2.03 bits per heavy atom. The van der Waals surface area contributed by atoms with Crippen LogP contribution < -0.4 is 5.32 Å². The first-order chi connectivity index (χ1) is 16.0. The van der Waals surface area contributed by atoms with Crippen LogP contribution >= 0.6 is 0 Å². The highest BCUT2D eigenvalue weighted by Gasteiger charge is 2.51. The summed E-state index contributed by atoms with van der Waals surface area (Å²) < 4.78 is 39.7. The summed E-state index contributed by atoms with van der Waals surface area (Å²) in [6.07, 6.45) is 5.35. The van der Waals surface area contributed by atoms with Crippen LogP contribution in [0.25, 0.3) is 0 Å². The molecule has 4 nitrogen and oxygen atoms in total. The Bertz CT molecular complexity index is 823. The van der Waals surface area contributed by atoms with E-state index in [0.29, 0.717) is 49.3 Å². The van der Waals surface area contributed by atoms with Crippen molar-refractivity contribution in [1.29, 1.82) is 0 Å². The van der Waals surface area contributed by atoms with Gasteiger partial charge in [-0.15, -0.1) is 0 Å². The first-order valence-corrected chi connectivity index (χ1v) is 13.0. The molecular weight excluding hydrogens is 441 g/mol. The maximum absolute atomic E-state index is 13.2. The predicted molar refractivity (Wildman–Crippen MR) is 128 cm³/mol. The summed E-state index contributed by atoms with van der Waals surface area (Å²) in [6.45, 7) is 10.5. The molecule has 4 aliphatic rings. The summed E-state index contributed by atoms with van der Waals surface area (Å²) in [6, 6.07) is -1.43. The van der Waals surface area contributed by atoms with E-state index in [-0.39, 0.29) is 12.0 Å². The smallest absolute Gasteiger partial charge is 0.393 e. The number of aliphatic hydroxyl groups excluding tert-OH is 2. The standard InChI is InChI=1S/C27H41F3N2O2/c1-17(15-32-12-11-31-25(16-32)27(28,29)30)22-8-9-23-19(5-4-10-26(22,23)3)6-7-20-13-21(33)14-24(34)18(20)2/h6-7,17,21-25,31,33-34H,2,4-5,8-16H2,1,3H3/b19-6+,20-7-/t17-,21+,22+,23-,24-,25?,26+/m0/s1. The molecule has 0 aromatic carbocycles. The van der Waals surface area contributed by atoms with Crippen molar-refractivity contribution in [3.05, 3.63) is 35.5 Å². The summed E-state index contributed by atoms with van der Waals surface area (Å²) >= 11 is 0. The average molecular weight is 483 g/mol. The van der Waals surface area contributed by atoms with Crippen molar-refractivity contribution in [2.24, 2.45) is 23.2 Å². The summed E-state index contributed by atoms with van der Waals surface area (Å²) in [4.78, 5) is 2.01. The van der Waals surface area contributed by atoms with E-state index in [1.54, 1.807) is 0 Å². The van der Waals surface area contributed by atoms with Crippen LogP contribution in [0.1, 0.15) is 58.8 Å². The van der Waals surface area contributed by atoms with Gasteiger partial charge in [-0.05, 0) is 72.8 Å². The van der Waals surface area contributed by atoms with Gasteiger partial charge < -0.3 is 15.5 Å². The van der Waals surface area contributed by atoms with E-state index in [0.717, 1.165) is 44.2 Å². The highest BCUT2D eigenvalue weighted by atomic mass is 19.4. The van der Waals surface area contributed by atoms with Crippen LogP contribution in [0.5, 0.6) is 0 Å². The normalized spacial score (nSPS) is 41.1. The topological polar surface area (TPSA) is 55.7 Å². The molecule has 3 aliphatic carbocycles. The monoisotopic (exact) mass is 482 g/mol. The van der Waals surface area contributed by atoms with Crippen molar-refractivity contribution in [2.45, 2.75) is 83.2 Å². The number of hydrogen-bond acceptors (Lipinski definition) is 4. The number of halogens is 3. The van der Waals surface area contributed by atoms with Crippen molar-refractivity contribution in [3.63, 3.8) is 0 Å². The Labute approximate surface area is 202 Å². The van der Waals surface area contributed by atoms with Gasteiger partial charge in [0.1, 0.15) is 6.04 Å². The maximum Gasteiger partial charge on any atom is 0.405 e. The minimum absolute atomic E-state index is 0.0427. The molecular formula is C27H41F3N2O2. The first kappa shape index (κ1) is 25.9. The number of nitrogens with one attached hydrogen (secondary N) is 1. The molecule has 3 N–H and O–H groups in total. The molecule has 0 bridgehead atoms. The van der Waals surface area contributed by atoms with E-state index in [1.807, 2.05) is 4.90 Å². The maximum atomic E-state index is 13.2. The molecule has 1 saturated heterocycles. The molecule has 4 fully saturated rings. The molecule has 34 heavy (non-hydrogen) atoms. The number of aliphatic hydroxyl groups is 2. The lowest BCUT2D eigenvalue weighted by molar-refractivity contribution is -0.165. The zero-order chi connectivity index (χ0) is 24.7. The Hall–Kier alpha value is -1.15. The first-order valence-electron chi connectivity index (χ1n) is 13.0. The van der Waals surface area contributed by atoms with E-state index >= 15 is 0 Å². The number of nitrogens with zero attached hydrogens (tertiary/aromatic N) is 1. The van der Waals surface area contributed by atoms with Crippen LogP contribution in [0.4, 0.5) is 13.2 Å². The third kappa shape index (κ3) is 5.32. The average Bonchev–Trinajstić information content (AvgIpc) is 3.12. The largest absolute Gasteiger partial charge is 0.405 e. The Morgan fingerprint density at radius 3 is 2.76 bits per heavy atom. The number of piperazine rings is 1. The molecule has 0 spiro atoms. The zero-order valence-electron chi connectivity index (χ0n) is 20.6. The van der Waals surface area contributed by atoms with Crippen LogP contribution in [0.3, 0.4) is 0 Å². The molecule has 3 saturated carbocycles. The van der Waals surface area contributed by atoms with E-state index in [9.17, 15) is 23.4 Å². The minimum atomic E-state index is -4.19. The van der Waals surface area contributed by atoms with Gasteiger partial charge in [0.2, 0.25) is 0 Å². The van der Waals surface area contributed by atoms with Gasteiger partial charge in [0.15, 0.2) is 0 Å². The van der Waals surface area contributed by atoms with Gasteiger partial charge in [0, 0.05) is 32.6 Å².